The quantitative estimate of drug-likeness (QED) is 0.373. The number of imide groups is 1. The van der Waals surface area contributed by atoms with E-state index in [1.165, 1.54) is 0 Å². The highest BCUT2D eigenvalue weighted by Gasteiger charge is 2.54. The van der Waals surface area contributed by atoms with E-state index in [1.54, 1.807) is 68.8 Å². The van der Waals surface area contributed by atoms with Crippen molar-refractivity contribution in [3.8, 4) is 11.5 Å². The predicted molar refractivity (Wildman–Crippen MR) is 140 cm³/mol. The normalized spacial score (nSPS) is 14.4. The van der Waals surface area contributed by atoms with Crippen LogP contribution in [-0.4, -0.2) is 43.5 Å². The number of nitrogens with zero attached hydrogens (tertiary/aromatic N) is 1. The lowest BCUT2D eigenvalue weighted by atomic mass is 9.82. The Kier molecular flexibility index (Phi) is 6.23. The maximum atomic E-state index is 13.9. The highest BCUT2D eigenvalue weighted by atomic mass is 16.5. The highest BCUT2D eigenvalue weighted by molar-refractivity contribution is 6.13. The zero-order valence-corrected chi connectivity index (χ0v) is 20.4. The number of amides is 4. The summed E-state index contributed by atoms with van der Waals surface area (Å²) in [4.78, 5) is 41.1. The first-order chi connectivity index (χ1) is 18.0. The van der Waals surface area contributed by atoms with Crippen molar-refractivity contribution in [3.63, 3.8) is 0 Å². The van der Waals surface area contributed by atoms with Crippen molar-refractivity contribution in [1.82, 2.24) is 10.2 Å². The molecule has 0 saturated carbocycles. The summed E-state index contributed by atoms with van der Waals surface area (Å²) in [5.74, 6) is 0.175. The minimum absolute atomic E-state index is 0.443. The minimum Gasteiger partial charge on any atom is -0.497 e. The number of nitrogens with one attached hydrogen (secondary N) is 2. The van der Waals surface area contributed by atoms with Gasteiger partial charge in [0.2, 0.25) is 5.91 Å². The molecule has 0 atom stereocenters. The molecule has 1 aliphatic heterocycles. The third-order valence-electron chi connectivity index (χ3n) is 6.52. The molecule has 2 N–H and O–H groups in total. The van der Waals surface area contributed by atoms with Gasteiger partial charge in [-0.1, -0.05) is 60.7 Å². The average molecular weight is 496 g/mol. The lowest BCUT2D eigenvalue weighted by Crippen LogP contribution is -2.45. The molecular formula is C29H25N3O5. The number of carbonyl (C=O) groups is 3. The predicted octanol–water partition coefficient (Wildman–Crippen LogP) is 4.29. The van der Waals surface area contributed by atoms with Crippen molar-refractivity contribution >= 4 is 34.3 Å². The number of urea groups is 1. The molecule has 5 rings (SSSR count). The summed E-state index contributed by atoms with van der Waals surface area (Å²) < 4.78 is 10.5. The molecule has 186 valence electrons. The van der Waals surface area contributed by atoms with Gasteiger partial charge in [-0.25, -0.2) is 4.79 Å². The second-order valence-corrected chi connectivity index (χ2v) is 8.60. The molecule has 0 unspecified atom stereocenters. The Morgan fingerprint density at radius 2 is 1.38 bits per heavy atom. The molecule has 37 heavy (non-hydrogen) atoms. The van der Waals surface area contributed by atoms with Crippen molar-refractivity contribution in [2.45, 2.75) is 5.54 Å². The van der Waals surface area contributed by atoms with Gasteiger partial charge in [0.15, 0.2) is 5.54 Å². The van der Waals surface area contributed by atoms with Gasteiger partial charge >= 0.3 is 6.03 Å². The van der Waals surface area contributed by atoms with Gasteiger partial charge in [-0.15, -0.1) is 0 Å². The summed E-state index contributed by atoms with van der Waals surface area (Å²) in [5, 5.41) is 7.52. The Bertz CT molecular complexity index is 1430. The van der Waals surface area contributed by atoms with Gasteiger partial charge in [-0.2, -0.15) is 0 Å². The number of rotatable bonds is 7. The minimum atomic E-state index is -1.52. The SMILES string of the molecule is COc1ccc(C2(c3ccc(OC)cc3)NC(=O)N(CC(=O)Nc3cccc4ccccc34)C2=O)cc1. The largest absolute Gasteiger partial charge is 0.497 e. The topological polar surface area (TPSA) is 97.0 Å². The van der Waals surface area contributed by atoms with Gasteiger partial charge in [0.1, 0.15) is 18.0 Å². The van der Waals surface area contributed by atoms with Crippen molar-refractivity contribution in [1.29, 1.82) is 0 Å². The Balaban J connectivity index is 1.47. The van der Waals surface area contributed by atoms with E-state index in [0.29, 0.717) is 28.3 Å². The first-order valence-corrected chi connectivity index (χ1v) is 11.7. The first kappa shape index (κ1) is 23.9. The second-order valence-electron chi connectivity index (χ2n) is 8.60. The second kappa shape index (κ2) is 9.66. The van der Waals surface area contributed by atoms with Crippen LogP contribution in [0.1, 0.15) is 11.1 Å². The summed E-state index contributed by atoms with van der Waals surface area (Å²) in [6, 6.07) is 26.3. The van der Waals surface area contributed by atoms with Gasteiger partial charge in [0.05, 0.1) is 14.2 Å². The number of fused-ring (bicyclic) bond motifs is 1. The average Bonchev–Trinajstić information content (AvgIpc) is 3.19. The molecule has 8 heteroatoms. The van der Waals surface area contributed by atoms with Gasteiger partial charge in [0.25, 0.3) is 5.91 Å². The molecule has 1 aliphatic rings. The van der Waals surface area contributed by atoms with Crippen LogP contribution < -0.4 is 20.1 Å². The molecule has 8 nitrogen and oxygen atoms in total. The van der Waals surface area contributed by atoms with E-state index >= 15 is 0 Å². The maximum absolute atomic E-state index is 13.9. The third kappa shape index (κ3) is 4.23. The van der Waals surface area contributed by atoms with Gasteiger partial charge < -0.3 is 20.1 Å². The van der Waals surface area contributed by atoms with Gasteiger partial charge in [0, 0.05) is 11.1 Å². The Hall–Kier alpha value is -4.85. The van der Waals surface area contributed by atoms with Crippen LogP contribution in [0.15, 0.2) is 91.0 Å². The van der Waals surface area contributed by atoms with E-state index in [2.05, 4.69) is 10.6 Å². The molecule has 1 saturated heterocycles. The number of anilines is 1. The molecule has 0 spiro atoms. The molecule has 0 radical (unpaired) electrons. The molecule has 4 aromatic rings. The Labute approximate surface area is 213 Å². The monoisotopic (exact) mass is 495 g/mol. The van der Waals surface area contributed by atoms with E-state index in [4.69, 9.17) is 9.47 Å². The molecule has 4 aromatic carbocycles. The Morgan fingerprint density at radius 1 is 0.811 bits per heavy atom. The van der Waals surface area contributed by atoms with Gasteiger partial charge in [-0.3, -0.25) is 14.5 Å². The van der Waals surface area contributed by atoms with E-state index in [0.717, 1.165) is 15.7 Å². The standard InChI is InChI=1S/C29H25N3O5/c1-36-22-14-10-20(11-15-22)29(21-12-16-23(37-2)17-13-21)27(34)32(28(35)31-29)18-26(33)30-25-9-5-7-19-6-3-4-8-24(19)25/h3-17H,18H2,1-2H3,(H,30,33)(H,31,35). The molecule has 0 bridgehead atoms. The number of hydrogen-bond acceptors (Lipinski definition) is 5. The summed E-state index contributed by atoms with van der Waals surface area (Å²) >= 11 is 0. The van der Waals surface area contributed by atoms with E-state index in [9.17, 15) is 14.4 Å². The van der Waals surface area contributed by atoms with Crippen LogP contribution in [0.2, 0.25) is 0 Å². The molecule has 0 aliphatic carbocycles. The number of methoxy groups -OCH3 is 2. The summed E-state index contributed by atoms with van der Waals surface area (Å²) in [6.07, 6.45) is 0. The molecule has 4 amide bonds. The van der Waals surface area contributed by atoms with E-state index in [1.807, 2.05) is 36.4 Å². The number of benzene rings is 4. The summed E-state index contributed by atoms with van der Waals surface area (Å²) in [7, 11) is 3.10. The van der Waals surface area contributed by atoms with Crippen LogP contribution in [0, 0.1) is 0 Å². The Morgan fingerprint density at radius 3 is 1.97 bits per heavy atom. The molecule has 1 fully saturated rings. The van der Waals surface area contributed by atoms with Crippen LogP contribution in [0.4, 0.5) is 10.5 Å². The van der Waals surface area contributed by atoms with Gasteiger partial charge in [-0.05, 0) is 46.8 Å². The fourth-order valence-electron chi connectivity index (χ4n) is 4.63. The zero-order chi connectivity index (χ0) is 26.0. The molecule has 1 heterocycles. The van der Waals surface area contributed by atoms with Crippen LogP contribution in [0.3, 0.4) is 0 Å². The van der Waals surface area contributed by atoms with Crippen LogP contribution in [0.5, 0.6) is 11.5 Å². The number of carbonyl (C=O) groups excluding carboxylic acids is 3. The van der Waals surface area contributed by atoms with E-state index < -0.39 is 29.9 Å². The maximum Gasteiger partial charge on any atom is 0.326 e. The first-order valence-electron chi connectivity index (χ1n) is 11.7. The van der Waals surface area contributed by atoms with Crippen LogP contribution in [-0.2, 0) is 15.1 Å². The third-order valence-corrected chi connectivity index (χ3v) is 6.52. The highest BCUT2D eigenvalue weighted by Crippen LogP contribution is 2.37. The fraction of sp³-hybridized carbons (Fsp3) is 0.138. The summed E-state index contributed by atoms with van der Waals surface area (Å²) in [5.41, 5.74) is 0.157. The lowest BCUT2D eigenvalue weighted by Gasteiger charge is -2.28. The van der Waals surface area contributed by atoms with Crippen molar-refractivity contribution in [2.24, 2.45) is 0 Å². The molecule has 0 aromatic heterocycles. The van der Waals surface area contributed by atoms with Crippen molar-refractivity contribution in [2.75, 3.05) is 26.1 Å². The smallest absolute Gasteiger partial charge is 0.326 e. The number of ether oxygens (including phenoxy) is 2. The fourth-order valence-corrected chi connectivity index (χ4v) is 4.63. The van der Waals surface area contributed by atoms with Crippen LogP contribution in [0.25, 0.3) is 10.8 Å². The zero-order valence-electron chi connectivity index (χ0n) is 20.4. The summed E-state index contributed by atoms with van der Waals surface area (Å²) in [6.45, 7) is -0.443. The van der Waals surface area contributed by atoms with Crippen molar-refractivity contribution in [3.05, 3.63) is 102 Å². The lowest BCUT2D eigenvalue weighted by molar-refractivity contribution is -0.133. The van der Waals surface area contributed by atoms with Crippen molar-refractivity contribution < 1.29 is 23.9 Å². The molecular weight excluding hydrogens is 470 g/mol. The van der Waals surface area contributed by atoms with Crippen LogP contribution >= 0.6 is 0 Å². The van der Waals surface area contributed by atoms with E-state index in [-0.39, 0.29) is 0 Å². The number of hydrogen-bond donors (Lipinski definition) is 2.